The topological polar surface area (TPSA) is 80.5 Å². The number of nitrogens with zero attached hydrogens (tertiary/aromatic N) is 6. The molecule has 3 rings (SSSR count). The molecule has 0 saturated carbocycles. The smallest absolute Gasteiger partial charge is 0.199 e. The summed E-state index contributed by atoms with van der Waals surface area (Å²) in [6.45, 7) is 4.69. The third kappa shape index (κ3) is 3.27. The second kappa shape index (κ2) is 6.77. The van der Waals surface area contributed by atoms with E-state index < -0.39 is 0 Å². The Labute approximate surface area is 123 Å². The number of tetrazole rings is 1. The number of hydrogen-bond acceptors (Lipinski definition) is 7. The normalized spacial score (nSPS) is 19.3. The molecule has 2 aromatic heterocycles. The van der Waals surface area contributed by atoms with Crippen LogP contribution in [0.25, 0.3) is 5.65 Å². The summed E-state index contributed by atoms with van der Waals surface area (Å²) in [7, 11) is 1.73. The zero-order valence-electron chi connectivity index (χ0n) is 12.3. The Hall–Kier alpha value is -1.80. The number of nitrogens with one attached hydrogen (secondary N) is 1. The first-order valence-electron chi connectivity index (χ1n) is 7.35. The van der Waals surface area contributed by atoms with Gasteiger partial charge in [-0.25, -0.2) is 0 Å². The number of fused-ring (bicyclic) bond motifs is 1. The molecule has 0 aliphatic carbocycles. The first kappa shape index (κ1) is 14.2. The van der Waals surface area contributed by atoms with Gasteiger partial charge >= 0.3 is 0 Å². The van der Waals surface area contributed by atoms with E-state index in [1.54, 1.807) is 17.8 Å². The molecule has 1 aliphatic rings. The summed E-state index contributed by atoms with van der Waals surface area (Å²) < 4.78 is 6.81. The van der Waals surface area contributed by atoms with E-state index in [0.717, 1.165) is 38.6 Å². The van der Waals surface area contributed by atoms with Crippen LogP contribution in [0.2, 0.25) is 0 Å². The lowest BCUT2D eigenvalue weighted by Crippen LogP contribution is -2.41. The molecule has 0 aromatic carbocycles. The van der Waals surface area contributed by atoms with Crippen LogP contribution < -0.4 is 10.2 Å². The van der Waals surface area contributed by atoms with Gasteiger partial charge in [-0.05, 0) is 35.7 Å². The van der Waals surface area contributed by atoms with Crippen molar-refractivity contribution in [2.75, 3.05) is 44.8 Å². The number of methoxy groups -OCH3 is 1. The van der Waals surface area contributed by atoms with E-state index in [9.17, 15) is 0 Å². The van der Waals surface area contributed by atoms with Gasteiger partial charge in [-0.1, -0.05) is 0 Å². The number of aromatic nitrogens is 5. The highest BCUT2D eigenvalue weighted by molar-refractivity contribution is 5.46. The van der Waals surface area contributed by atoms with Gasteiger partial charge in [-0.2, -0.15) is 4.52 Å². The van der Waals surface area contributed by atoms with E-state index in [1.165, 1.54) is 12.8 Å². The summed E-state index contributed by atoms with van der Waals surface area (Å²) in [5.41, 5.74) is 0.688. The van der Waals surface area contributed by atoms with Gasteiger partial charge in [-0.15, -0.1) is 5.10 Å². The van der Waals surface area contributed by atoms with Crippen molar-refractivity contribution < 1.29 is 4.74 Å². The van der Waals surface area contributed by atoms with E-state index >= 15 is 0 Å². The Kier molecular flexibility index (Phi) is 4.56. The van der Waals surface area contributed by atoms with Gasteiger partial charge in [0.2, 0.25) is 0 Å². The summed E-state index contributed by atoms with van der Waals surface area (Å²) in [6, 6.07) is 0. The minimum Gasteiger partial charge on any atom is -0.383 e. The molecule has 1 aliphatic heterocycles. The van der Waals surface area contributed by atoms with Crippen molar-refractivity contribution in [2.45, 2.75) is 12.8 Å². The van der Waals surface area contributed by atoms with Crippen molar-refractivity contribution in [2.24, 2.45) is 5.92 Å². The van der Waals surface area contributed by atoms with Crippen LogP contribution in [0.1, 0.15) is 12.8 Å². The van der Waals surface area contributed by atoms with Crippen molar-refractivity contribution in [3.8, 4) is 0 Å². The summed E-state index contributed by atoms with van der Waals surface area (Å²) in [4.78, 5) is 6.56. The Morgan fingerprint density at radius 3 is 3.29 bits per heavy atom. The molecule has 1 unspecified atom stereocenters. The van der Waals surface area contributed by atoms with Crippen LogP contribution in [0, 0.1) is 5.92 Å². The molecule has 114 valence electrons. The number of rotatable bonds is 6. The Morgan fingerprint density at radius 1 is 1.43 bits per heavy atom. The van der Waals surface area contributed by atoms with E-state index in [-0.39, 0.29) is 0 Å². The predicted molar refractivity (Wildman–Crippen MR) is 78.3 cm³/mol. The van der Waals surface area contributed by atoms with Crippen molar-refractivity contribution in [3.05, 3.63) is 12.4 Å². The van der Waals surface area contributed by atoms with Crippen molar-refractivity contribution >= 4 is 11.5 Å². The zero-order valence-corrected chi connectivity index (χ0v) is 12.3. The van der Waals surface area contributed by atoms with Crippen LogP contribution in [0.5, 0.6) is 0 Å². The van der Waals surface area contributed by atoms with Gasteiger partial charge in [0.25, 0.3) is 0 Å². The van der Waals surface area contributed by atoms with Crippen molar-refractivity contribution in [1.82, 2.24) is 30.3 Å². The molecular weight excluding hydrogens is 270 g/mol. The van der Waals surface area contributed by atoms with E-state index in [2.05, 4.69) is 30.7 Å². The van der Waals surface area contributed by atoms with Crippen LogP contribution in [0.15, 0.2) is 12.4 Å². The largest absolute Gasteiger partial charge is 0.383 e. The van der Waals surface area contributed by atoms with Crippen LogP contribution in [0.4, 0.5) is 5.82 Å². The quantitative estimate of drug-likeness (QED) is 0.749. The van der Waals surface area contributed by atoms with Crippen LogP contribution in [-0.2, 0) is 4.74 Å². The Bertz CT molecular complexity index is 572. The molecule has 3 heterocycles. The van der Waals surface area contributed by atoms with E-state index in [1.807, 2.05) is 6.20 Å². The minimum absolute atomic E-state index is 0.627. The Morgan fingerprint density at radius 2 is 2.38 bits per heavy atom. The van der Waals surface area contributed by atoms with Crippen molar-refractivity contribution in [1.29, 1.82) is 0 Å². The lowest BCUT2D eigenvalue weighted by atomic mass is 9.98. The molecule has 1 atom stereocenters. The van der Waals surface area contributed by atoms with Gasteiger partial charge in [0.05, 0.1) is 19.0 Å². The molecular formula is C13H21N7O. The monoisotopic (exact) mass is 291 g/mol. The van der Waals surface area contributed by atoms with E-state index in [0.29, 0.717) is 11.6 Å². The zero-order chi connectivity index (χ0) is 14.5. The average Bonchev–Trinajstić information content (AvgIpc) is 3.00. The second-order valence-electron chi connectivity index (χ2n) is 5.37. The van der Waals surface area contributed by atoms with Crippen LogP contribution in [-0.4, -0.2) is 64.9 Å². The molecule has 1 fully saturated rings. The molecule has 8 heteroatoms. The maximum atomic E-state index is 5.05. The number of ether oxygens (including phenoxy) is 1. The fourth-order valence-corrected chi connectivity index (χ4v) is 2.80. The molecule has 0 radical (unpaired) electrons. The molecule has 0 amide bonds. The number of hydrogen-bond donors (Lipinski definition) is 1. The minimum atomic E-state index is 0.627. The summed E-state index contributed by atoms with van der Waals surface area (Å²) in [6.07, 6.45) is 5.94. The highest BCUT2D eigenvalue weighted by Crippen LogP contribution is 2.22. The lowest BCUT2D eigenvalue weighted by Gasteiger charge is -2.34. The first-order valence-corrected chi connectivity index (χ1v) is 7.35. The summed E-state index contributed by atoms with van der Waals surface area (Å²) >= 11 is 0. The fourth-order valence-electron chi connectivity index (χ4n) is 2.80. The first-order chi connectivity index (χ1) is 10.4. The molecule has 1 N–H and O–H groups in total. The summed E-state index contributed by atoms with van der Waals surface area (Å²) in [5.74, 6) is 1.60. The highest BCUT2D eigenvalue weighted by atomic mass is 16.5. The van der Waals surface area contributed by atoms with Gasteiger partial charge in [0.1, 0.15) is 0 Å². The molecule has 0 spiro atoms. The third-order valence-corrected chi connectivity index (χ3v) is 3.85. The van der Waals surface area contributed by atoms with Gasteiger partial charge in [-0.3, -0.25) is 4.98 Å². The maximum absolute atomic E-state index is 5.05. The van der Waals surface area contributed by atoms with Crippen LogP contribution >= 0.6 is 0 Å². The van der Waals surface area contributed by atoms with Crippen molar-refractivity contribution in [3.63, 3.8) is 0 Å². The SMILES string of the molecule is COCCNCC1CCCN(c2cncc3nnnn23)C1. The molecule has 0 bridgehead atoms. The lowest BCUT2D eigenvalue weighted by molar-refractivity contribution is 0.197. The van der Waals surface area contributed by atoms with Gasteiger partial charge in [0, 0.05) is 26.7 Å². The number of piperidine rings is 1. The third-order valence-electron chi connectivity index (χ3n) is 3.85. The molecule has 21 heavy (non-hydrogen) atoms. The highest BCUT2D eigenvalue weighted by Gasteiger charge is 2.22. The summed E-state index contributed by atoms with van der Waals surface area (Å²) in [5, 5.41) is 15.2. The maximum Gasteiger partial charge on any atom is 0.199 e. The molecule has 1 saturated heterocycles. The standard InChI is InChI=1S/C13H21N7O/c1-21-6-4-14-7-11-3-2-5-19(10-11)13-9-15-8-12-16-17-18-20(12)13/h8-9,11,14H,2-7,10H2,1H3. The van der Waals surface area contributed by atoms with E-state index in [4.69, 9.17) is 4.74 Å². The predicted octanol–water partition coefficient (Wildman–Crippen LogP) is -0.0283. The fraction of sp³-hybridized carbons (Fsp3) is 0.692. The Balaban J connectivity index is 1.64. The van der Waals surface area contributed by atoms with Gasteiger partial charge in [0.15, 0.2) is 11.5 Å². The van der Waals surface area contributed by atoms with Gasteiger partial charge < -0.3 is 15.0 Å². The number of anilines is 1. The second-order valence-corrected chi connectivity index (χ2v) is 5.37. The molecule has 8 nitrogen and oxygen atoms in total. The molecule has 2 aromatic rings. The van der Waals surface area contributed by atoms with Crippen LogP contribution in [0.3, 0.4) is 0 Å². The average molecular weight is 291 g/mol.